The van der Waals surface area contributed by atoms with Crippen LogP contribution in [-0.2, 0) is 0 Å². The zero-order valence-electron chi connectivity index (χ0n) is 11.0. The maximum absolute atomic E-state index is 12.9. The van der Waals surface area contributed by atoms with Crippen LogP contribution in [0.25, 0.3) is 0 Å². The number of hydrogen-bond acceptors (Lipinski definition) is 2. The molecule has 1 N–H and O–H groups in total. The third kappa shape index (κ3) is 5.18. The topological polar surface area (TPSA) is 15.3 Å². The van der Waals surface area contributed by atoms with Crippen molar-refractivity contribution in [2.75, 3.05) is 25.5 Å². The molecule has 0 amide bonds. The van der Waals surface area contributed by atoms with E-state index in [1.807, 2.05) is 6.07 Å². The van der Waals surface area contributed by atoms with Crippen molar-refractivity contribution >= 4 is 5.69 Å². The molecule has 0 aliphatic rings. The number of likely N-dealkylation sites (N-methyl/N-ethyl adjacent to an activating group) is 1. The molecule has 0 aliphatic heterocycles. The van der Waals surface area contributed by atoms with Crippen molar-refractivity contribution < 1.29 is 4.39 Å². The Bertz CT molecular complexity index is 328. The van der Waals surface area contributed by atoms with E-state index in [2.05, 4.69) is 31.1 Å². The van der Waals surface area contributed by atoms with Gasteiger partial charge in [-0.15, -0.1) is 0 Å². The Kier molecular flexibility index (Phi) is 5.98. The summed E-state index contributed by atoms with van der Waals surface area (Å²) in [6.07, 6.45) is 2.43. The summed E-state index contributed by atoms with van der Waals surface area (Å²) in [5, 5.41) is 3.23. The number of nitrogens with one attached hydrogen (secondary N) is 1. The van der Waals surface area contributed by atoms with Crippen LogP contribution in [0.15, 0.2) is 24.3 Å². The largest absolute Gasteiger partial charge is 0.384 e. The lowest BCUT2D eigenvalue weighted by Gasteiger charge is -2.24. The van der Waals surface area contributed by atoms with Crippen molar-refractivity contribution in [2.24, 2.45) is 0 Å². The molecule has 1 rings (SSSR count). The van der Waals surface area contributed by atoms with E-state index >= 15 is 0 Å². The summed E-state index contributed by atoms with van der Waals surface area (Å²) in [5.74, 6) is -0.192. The molecular weight excluding hydrogens is 215 g/mol. The van der Waals surface area contributed by atoms with Crippen LogP contribution in [0, 0.1) is 5.82 Å². The van der Waals surface area contributed by atoms with Gasteiger partial charge in [0.15, 0.2) is 0 Å². The van der Waals surface area contributed by atoms with E-state index in [0.717, 1.165) is 18.8 Å². The second-order valence-corrected chi connectivity index (χ2v) is 4.56. The molecule has 1 unspecified atom stereocenters. The molecule has 0 fully saturated rings. The van der Waals surface area contributed by atoms with Gasteiger partial charge in [-0.25, -0.2) is 4.39 Å². The maximum atomic E-state index is 12.9. The Morgan fingerprint density at radius 1 is 1.41 bits per heavy atom. The predicted octanol–water partition coefficient (Wildman–Crippen LogP) is 3.36. The highest BCUT2D eigenvalue weighted by atomic mass is 19.1. The van der Waals surface area contributed by atoms with Crippen LogP contribution in [0.1, 0.15) is 26.7 Å². The van der Waals surface area contributed by atoms with E-state index < -0.39 is 0 Å². The second kappa shape index (κ2) is 7.28. The number of nitrogens with zero attached hydrogens (tertiary/aromatic N) is 1. The fourth-order valence-electron chi connectivity index (χ4n) is 1.83. The van der Waals surface area contributed by atoms with Crippen LogP contribution in [0.5, 0.6) is 0 Å². The molecular formula is C14H23FN2. The monoisotopic (exact) mass is 238 g/mol. The normalized spacial score (nSPS) is 12.8. The van der Waals surface area contributed by atoms with Gasteiger partial charge in [0.25, 0.3) is 0 Å². The van der Waals surface area contributed by atoms with Crippen molar-refractivity contribution in [1.29, 1.82) is 0 Å². The second-order valence-electron chi connectivity index (χ2n) is 4.56. The first-order chi connectivity index (χ1) is 8.13. The van der Waals surface area contributed by atoms with Crippen LogP contribution >= 0.6 is 0 Å². The summed E-state index contributed by atoms with van der Waals surface area (Å²) in [6.45, 7) is 6.26. The van der Waals surface area contributed by atoms with Crippen LogP contribution < -0.4 is 5.32 Å². The quantitative estimate of drug-likeness (QED) is 0.783. The zero-order valence-corrected chi connectivity index (χ0v) is 11.0. The number of anilines is 1. The van der Waals surface area contributed by atoms with Gasteiger partial charge in [-0.1, -0.05) is 19.4 Å². The first-order valence-corrected chi connectivity index (χ1v) is 6.33. The van der Waals surface area contributed by atoms with Crippen molar-refractivity contribution in [3.05, 3.63) is 30.1 Å². The summed E-state index contributed by atoms with van der Waals surface area (Å²) in [7, 11) is 2.13. The Morgan fingerprint density at radius 2 is 2.18 bits per heavy atom. The fraction of sp³-hybridized carbons (Fsp3) is 0.571. The molecule has 17 heavy (non-hydrogen) atoms. The van der Waals surface area contributed by atoms with Crippen molar-refractivity contribution in [3.63, 3.8) is 0 Å². The van der Waals surface area contributed by atoms with E-state index in [1.165, 1.54) is 25.0 Å². The maximum Gasteiger partial charge on any atom is 0.125 e. The lowest BCUT2D eigenvalue weighted by molar-refractivity contribution is 0.254. The number of benzene rings is 1. The van der Waals surface area contributed by atoms with Crippen molar-refractivity contribution in [3.8, 4) is 0 Å². The van der Waals surface area contributed by atoms with Gasteiger partial charge in [-0.2, -0.15) is 0 Å². The molecule has 0 spiro atoms. The molecule has 3 heteroatoms. The minimum atomic E-state index is -0.192. The molecule has 2 nitrogen and oxygen atoms in total. The Labute approximate surface area is 104 Å². The average Bonchev–Trinajstić information content (AvgIpc) is 2.29. The van der Waals surface area contributed by atoms with E-state index in [1.54, 1.807) is 6.07 Å². The van der Waals surface area contributed by atoms with Crippen LogP contribution in [-0.4, -0.2) is 31.1 Å². The lowest BCUT2D eigenvalue weighted by Crippen LogP contribution is -2.33. The van der Waals surface area contributed by atoms with Gasteiger partial charge in [0.05, 0.1) is 0 Å². The molecule has 0 aromatic heterocycles. The van der Waals surface area contributed by atoms with Crippen LogP contribution in [0.2, 0.25) is 0 Å². The highest BCUT2D eigenvalue weighted by molar-refractivity contribution is 5.42. The molecule has 0 saturated carbocycles. The van der Waals surface area contributed by atoms with Gasteiger partial charge >= 0.3 is 0 Å². The minimum absolute atomic E-state index is 0.192. The third-order valence-corrected chi connectivity index (χ3v) is 3.08. The van der Waals surface area contributed by atoms with Crippen molar-refractivity contribution in [1.82, 2.24) is 4.90 Å². The van der Waals surface area contributed by atoms with E-state index in [0.29, 0.717) is 6.04 Å². The summed E-state index contributed by atoms with van der Waals surface area (Å²) >= 11 is 0. The van der Waals surface area contributed by atoms with Gasteiger partial charge in [0, 0.05) is 24.8 Å². The van der Waals surface area contributed by atoms with E-state index in [9.17, 15) is 4.39 Å². The summed E-state index contributed by atoms with van der Waals surface area (Å²) in [4.78, 5) is 2.33. The Morgan fingerprint density at radius 3 is 2.82 bits per heavy atom. The summed E-state index contributed by atoms with van der Waals surface area (Å²) in [5.41, 5.74) is 0.849. The smallest absolute Gasteiger partial charge is 0.125 e. The number of rotatable bonds is 7. The fourth-order valence-corrected chi connectivity index (χ4v) is 1.83. The SMILES string of the molecule is CCCC(C)N(C)CCNc1cccc(F)c1. The lowest BCUT2D eigenvalue weighted by atomic mass is 10.2. The molecule has 0 bridgehead atoms. The summed E-state index contributed by atoms with van der Waals surface area (Å²) < 4.78 is 12.9. The number of halogens is 1. The van der Waals surface area contributed by atoms with Crippen molar-refractivity contribution in [2.45, 2.75) is 32.7 Å². The standard InChI is InChI=1S/C14H23FN2/c1-4-6-12(2)17(3)10-9-16-14-8-5-7-13(15)11-14/h5,7-8,11-12,16H,4,6,9-10H2,1-3H3. The molecule has 1 aromatic rings. The van der Waals surface area contributed by atoms with E-state index in [4.69, 9.17) is 0 Å². The average molecular weight is 238 g/mol. The third-order valence-electron chi connectivity index (χ3n) is 3.08. The van der Waals surface area contributed by atoms with Crippen LogP contribution in [0.4, 0.5) is 10.1 Å². The molecule has 0 radical (unpaired) electrons. The highest BCUT2D eigenvalue weighted by Crippen LogP contribution is 2.09. The zero-order chi connectivity index (χ0) is 12.7. The predicted molar refractivity (Wildman–Crippen MR) is 71.9 cm³/mol. The summed E-state index contributed by atoms with van der Waals surface area (Å²) in [6, 6.07) is 7.20. The molecule has 1 aromatic carbocycles. The first kappa shape index (κ1) is 14.0. The molecule has 96 valence electrons. The van der Waals surface area contributed by atoms with Gasteiger partial charge in [-0.3, -0.25) is 0 Å². The Hall–Kier alpha value is -1.09. The molecule has 0 aliphatic carbocycles. The Balaban J connectivity index is 2.28. The van der Waals surface area contributed by atoms with E-state index in [-0.39, 0.29) is 5.82 Å². The molecule has 0 saturated heterocycles. The van der Waals surface area contributed by atoms with Crippen LogP contribution in [0.3, 0.4) is 0 Å². The van der Waals surface area contributed by atoms with Gasteiger partial charge in [-0.05, 0) is 38.6 Å². The number of hydrogen-bond donors (Lipinski definition) is 1. The highest BCUT2D eigenvalue weighted by Gasteiger charge is 2.06. The molecule has 1 atom stereocenters. The first-order valence-electron chi connectivity index (χ1n) is 6.33. The minimum Gasteiger partial charge on any atom is -0.384 e. The van der Waals surface area contributed by atoms with Gasteiger partial charge in [0.2, 0.25) is 0 Å². The van der Waals surface area contributed by atoms with Gasteiger partial charge in [0.1, 0.15) is 5.82 Å². The van der Waals surface area contributed by atoms with Gasteiger partial charge < -0.3 is 10.2 Å². The molecule has 0 heterocycles.